The summed E-state index contributed by atoms with van der Waals surface area (Å²) in [6.45, 7) is 8.76. The van der Waals surface area contributed by atoms with Crippen LogP contribution in [0.15, 0.2) is 4.52 Å². The minimum absolute atomic E-state index is 0.217. The third-order valence-corrected chi connectivity index (χ3v) is 2.05. The van der Waals surface area contributed by atoms with Gasteiger partial charge in [0, 0.05) is 12.5 Å². The third-order valence-electron chi connectivity index (χ3n) is 2.05. The summed E-state index contributed by atoms with van der Waals surface area (Å²) >= 11 is 0. The van der Waals surface area contributed by atoms with E-state index in [2.05, 4.69) is 10.1 Å². The van der Waals surface area contributed by atoms with E-state index in [1.54, 1.807) is 0 Å². The van der Waals surface area contributed by atoms with Gasteiger partial charge in [0.2, 0.25) is 5.89 Å². The maximum absolute atomic E-state index is 6.03. The highest BCUT2D eigenvalue weighted by molar-refractivity contribution is 5.03. The summed E-state index contributed by atoms with van der Waals surface area (Å²) in [6.07, 6.45) is 0. The van der Waals surface area contributed by atoms with Gasteiger partial charge in [-0.05, 0) is 13.8 Å². The second-order valence-corrected chi connectivity index (χ2v) is 4.17. The van der Waals surface area contributed by atoms with E-state index in [4.69, 9.17) is 15.0 Å². The van der Waals surface area contributed by atoms with Crippen molar-refractivity contribution < 1.29 is 9.26 Å². The second kappa shape index (κ2) is 4.72. The highest BCUT2D eigenvalue weighted by atomic mass is 16.5. The molecule has 1 unspecified atom stereocenters. The van der Waals surface area contributed by atoms with Crippen LogP contribution in [0.1, 0.15) is 45.3 Å². The highest BCUT2D eigenvalue weighted by Gasteiger charge is 2.28. The number of nitrogens with zero attached hydrogens (tertiary/aromatic N) is 2. The summed E-state index contributed by atoms with van der Waals surface area (Å²) in [5.74, 6) is 1.33. The van der Waals surface area contributed by atoms with Gasteiger partial charge in [0.1, 0.15) is 5.54 Å². The number of nitrogens with two attached hydrogens (primary N) is 1. The molecule has 2 N–H and O–H groups in total. The van der Waals surface area contributed by atoms with E-state index in [1.165, 1.54) is 0 Å². The first-order valence-electron chi connectivity index (χ1n) is 5.18. The van der Waals surface area contributed by atoms with Crippen LogP contribution in [-0.2, 0) is 10.3 Å². The Hall–Kier alpha value is -0.940. The van der Waals surface area contributed by atoms with E-state index >= 15 is 0 Å². The maximum atomic E-state index is 6.03. The molecule has 1 aromatic heterocycles. The van der Waals surface area contributed by atoms with Crippen molar-refractivity contribution in [2.75, 3.05) is 13.2 Å². The van der Waals surface area contributed by atoms with Crippen molar-refractivity contribution in [3.63, 3.8) is 0 Å². The van der Waals surface area contributed by atoms with Gasteiger partial charge in [-0.2, -0.15) is 4.98 Å². The van der Waals surface area contributed by atoms with E-state index in [-0.39, 0.29) is 5.92 Å². The maximum Gasteiger partial charge on any atom is 0.229 e. The minimum atomic E-state index is -0.688. The van der Waals surface area contributed by atoms with Crippen LogP contribution in [0.25, 0.3) is 0 Å². The van der Waals surface area contributed by atoms with Gasteiger partial charge in [0.25, 0.3) is 0 Å². The highest BCUT2D eigenvalue weighted by Crippen LogP contribution is 2.18. The Morgan fingerprint density at radius 1 is 1.53 bits per heavy atom. The van der Waals surface area contributed by atoms with Crippen LogP contribution in [0.3, 0.4) is 0 Å². The summed E-state index contributed by atoms with van der Waals surface area (Å²) in [5, 5.41) is 3.87. The molecule has 5 nitrogen and oxygen atoms in total. The first-order chi connectivity index (χ1) is 6.97. The van der Waals surface area contributed by atoms with Crippen molar-refractivity contribution in [1.82, 2.24) is 10.1 Å². The lowest BCUT2D eigenvalue weighted by Gasteiger charge is -2.19. The lowest BCUT2D eigenvalue weighted by atomic mass is 10.1. The molecule has 0 aliphatic carbocycles. The molecule has 0 fully saturated rings. The fourth-order valence-electron chi connectivity index (χ4n) is 1.08. The summed E-state index contributed by atoms with van der Waals surface area (Å²) in [7, 11) is 0. The van der Waals surface area contributed by atoms with Crippen molar-refractivity contribution in [3.05, 3.63) is 11.7 Å². The minimum Gasteiger partial charge on any atom is -0.379 e. The Morgan fingerprint density at radius 3 is 2.67 bits per heavy atom. The third kappa shape index (κ3) is 3.00. The monoisotopic (exact) mass is 213 g/mol. The normalized spacial score (nSPS) is 15.6. The van der Waals surface area contributed by atoms with Crippen LogP contribution in [0, 0.1) is 0 Å². The molecule has 0 aliphatic rings. The average Bonchev–Trinajstić information content (AvgIpc) is 2.64. The summed E-state index contributed by atoms with van der Waals surface area (Å²) in [5.41, 5.74) is 5.34. The predicted octanol–water partition coefficient (Wildman–Crippen LogP) is 1.40. The Labute approximate surface area is 90.0 Å². The fourth-order valence-corrected chi connectivity index (χ4v) is 1.08. The molecular formula is C10H19N3O2. The van der Waals surface area contributed by atoms with E-state index in [0.29, 0.717) is 24.9 Å². The Morgan fingerprint density at radius 2 is 2.20 bits per heavy atom. The van der Waals surface area contributed by atoms with Crippen molar-refractivity contribution >= 4 is 0 Å². The molecule has 1 rings (SSSR count). The summed E-state index contributed by atoms with van der Waals surface area (Å²) in [6, 6.07) is 0. The lowest BCUT2D eigenvalue weighted by molar-refractivity contribution is 0.0962. The van der Waals surface area contributed by atoms with Crippen LogP contribution in [0.4, 0.5) is 0 Å². The van der Waals surface area contributed by atoms with Gasteiger partial charge in [-0.25, -0.2) is 0 Å². The molecule has 1 atom stereocenters. The van der Waals surface area contributed by atoms with Crippen molar-refractivity contribution in [2.45, 2.75) is 39.2 Å². The first kappa shape index (κ1) is 12.1. The quantitative estimate of drug-likeness (QED) is 0.800. The van der Waals surface area contributed by atoms with Gasteiger partial charge in [-0.15, -0.1) is 0 Å². The Kier molecular flexibility index (Phi) is 3.82. The molecule has 0 aromatic carbocycles. The zero-order valence-corrected chi connectivity index (χ0v) is 9.78. The molecule has 86 valence electrons. The number of hydrogen-bond acceptors (Lipinski definition) is 5. The zero-order chi connectivity index (χ0) is 11.5. The van der Waals surface area contributed by atoms with Crippen LogP contribution in [0.5, 0.6) is 0 Å². The molecule has 0 radical (unpaired) electrons. The molecule has 15 heavy (non-hydrogen) atoms. The lowest BCUT2D eigenvalue weighted by Crippen LogP contribution is -2.39. The van der Waals surface area contributed by atoms with Crippen LogP contribution < -0.4 is 5.73 Å². The van der Waals surface area contributed by atoms with E-state index in [9.17, 15) is 0 Å². The summed E-state index contributed by atoms with van der Waals surface area (Å²) in [4.78, 5) is 4.25. The van der Waals surface area contributed by atoms with Crippen LogP contribution >= 0.6 is 0 Å². The molecule has 0 bridgehead atoms. The van der Waals surface area contributed by atoms with Gasteiger partial charge >= 0.3 is 0 Å². The second-order valence-electron chi connectivity index (χ2n) is 4.17. The number of hydrogen-bond donors (Lipinski definition) is 1. The number of aromatic nitrogens is 2. The summed E-state index contributed by atoms with van der Waals surface area (Å²) < 4.78 is 10.4. The van der Waals surface area contributed by atoms with Gasteiger partial charge in [0.15, 0.2) is 5.82 Å². The average molecular weight is 213 g/mol. The molecule has 1 heterocycles. The smallest absolute Gasteiger partial charge is 0.229 e. The van der Waals surface area contributed by atoms with Gasteiger partial charge < -0.3 is 15.0 Å². The molecule has 0 saturated heterocycles. The number of ether oxygens (including phenoxy) is 1. The molecular weight excluding hydrogens is 194 g/mol. The molecule has 5 heteroatoms. The Bertz CT molecular complexity index is 307. The number of rotatable bonds is 5. The van der Waals surface area contributed by atoms with Crippen LogP contribution in [-0.4, -0.2) is 23.4 Å². The van der Waals surface area contributed by atoms with Crippen molar-refractivity contribution in [3.8, 4) is 0 Å². The predicted molar refractivity (Wildman–Crippen MR) is 56.4 cm³/mol. The van der Waals surface area contributed by atoms with Gasteiger partial charge in [-0.1, -0.05) is 19.0 Å². The van der Waals surface area contributed by atoms with E-state index in [1.807, 2.05) is 27.7 Å². The van der Waals surface area contributed by atoms with Crippen molar-refractivity contribution in [2.24, 2.45) is 5.73 Å². The molecule has 0 amide bonds. The standard InChI is InChI=1S/C10H19N3O2/c1-5-14-6-10(4,11)9-12-8(7(2)3)15-13-9/h7H,5-6,11H2,1-4H3. The molecule has 0 aliphatic heterocycles. The van der Waals surface area contributed by atoms with Gasteiger partial charge in [-0.3, -0.25) is 0 Å². The molecule has 1 aromatic rings. The first-order valence-corrected chi connectivity index (χ1v) is 5.18. The SMILES string of the molecule is CCOCC(C)(N)c1noc(C(C)C)n1. The largest absolute Gasteiger partial charge is 0.379 e. The van der Waals surface area contributed by atoms with Crippen LogP contribution in [0.2, 0.25) is 0 Å². The van der Waals surface area contributed by atoms with E-state index in [0.717, 1.165) is 0 Å². The zero-order valence-electron chi connectivity index (χ0n) is 9.78. The van der Waals surface area contributed by atoms with E-state index < -0.39 is 5.54 Å². The molecule has 0 spiro atoms. The van der Waals surface area contributed by atoms with Crippen molar-refractivity contribution in [1.29, 1.82) is 0 Å². The van der Waals surface area contributed by atoms with Gasteiger partial charge in [0.05, 0.1) is 6.61 Å². The topological polar surface area (TPSA) is 74.2 Å². The molecule has 0 saturated carbocycles. The Balaban J connectivity index is 2.76. The fraction of sp³-hybridized carbons (Fsp3) is 0.800.